The van der Waals surface area contributed by atoms with Crippen LogP contribution in [0, 0.1) is 11.6 Å². The number of carbonyl (C=O) groups is 1. The van der Waals surface area contributed by atoms with Gasteiger partial charge in [-0.2, -0.15) is 0 Å². The van der Waals surface area contributed by atoms with Crippen LogP contribution in [0.15, 0.2) is 18.2 Å². The Morgan fingerprint density at radius 1 is 1.44 bits per heavy atom. The van der Waals surface area contributed by atoms with Gasteiger partial charge in [-0.3, -0.25) is 4.79 Å². The highest BCUT2D eigenvalue weighted by Gasteiger charge is 2.40. The summed E-state index contributed by atoms with van der Waals surface area (Å²) >= 11 is 0. The van der Waals surface area contributed by atoms with Crippen LogP contribution in [0.5, 0.6) is 0 Å². The van der Waals surface area contributed by atoms with E-state index >= 15 is 0 Å². The average Bonchev–Trinajstić information content (AvgIpc) is 2.25. The number of carbonyl (C=O) groups excluding carboxylic acids is 1. The Balaban J connectivity index is 2.07. The lowest BCUT2D eigenvalue weighted by Crippen LogP contribution is -2.58. The van der Waals surface area contributed by atoms with E-state index < -0.39 is 23.2 Å². The standard InChI is InChI=1S/C13H16F2N2O/c1-8(10-4-3-9(14)7-11(10)15)17-12(18)13(16)5-2-6-13/h3-4,7-8H,2,5-6,16H2,1H3,(H,17,18). The van der Waals surface area contributed by atoms with Crippen molar-refractivity contribution < 1.29 is 13.6 Å². The highest BCUT2D eigenvalue weighted by molar-refractivity contribution is 5.87. The minimum Gasteiger partial charge on any atom is -0.348 e. The molecule has 0 heterocycles. The number of hydrogen-bond donors (Lipinski definition) is 2. The van der Waals surface area contributed by atoms with E-state index in [0.29, 0.717) is 12.8 Å². The molecule has 2 rings (SSSR count). The lowest BCUT2D eigenvalue weighted by atomic mass is 9.77. The van der Waals surface area contributed by atoms with Crippen LogP contribution in [0.2, 0.25) is 0 Å². The Kier molecular flexibility index (Phi) is 3.34. The van der Waals surface area contributed by atoms with Crippen molar-refractivity contribution in [3.05, 3.63) is 35.4 Å². The first kappa shape index (κ1) is 13.0. The van der Waals surface area contributed by atoms with E-state index in [2.05, 4.69) is 5.32 Å². The first-order valence-electron chi connectivity index (χ1n) is 5.97. The van der Waals surface area contributed by atoms with Crippen LogP contribution in [0.4, 0.5) is 8.78 Å². The van der Waals surface area contributed by atoms with Gasteiger partial charge in [0.2, 0.25) is 5.91 Å². The van der Waals surface area contributed by atoms with Crippen LogP contribution in [0.3, 0.4) is 0 Å². The molecule has 1 aromatic carbocycles. The van der Waals surface area contributed by atoms with Crippen molar-refractivity contribution in [2.75, 3.05) is 0 Å². The van der Waals surface area contributed by atoms with E-state index in [0.717, 1.165) is 12.5 Å². The Labute approximate surface area is 104 Å². The third kappa shape index (κ3) is 2.36. The number of nitrogens with one attached hydrogen (secondary N) is 1. The summed E-state index contributed by atoms with van der Waals surface area (Å²) in [7, 11) is 0. The fourth-order valence-electron chi connectivity index (χ4n) is 2.06. The molecule has 1 amide bonds. The van der Waals surface area contributed by atoms with E-state index in [4.69, 9.17) is 5.73 Å². The molecule has 98 valence electrons. The van der Waals surface area contributed by atoms with E-state index in [9.17, 15) is 13.6 Å². The molecule has 3 N–H and O–H groups in total. The minimum absolute atomic E-state index is 0.257. The summed E-state index contributed by atoms with van der Waals surface area (Å²) in [4.78, 5) is 11.9. The maximum Gasteiger partial charge on any atom is 0.240 e. The number of benzene rings is 1. The monoisotopic (exact) mass is 254 g/mol. The fourth-order valence-corrected chi connectivity index (χ4v) is 2.06. The second-order valence-electron chi connectivity index (χ2n) is 4.87. The zero-order chi connectivity index (χ0) is 13.3. The summed E-state index contributed by atoms with van der Waals surface area (Å²) in [5.41, 5.74) is 5.31. The van der Waals surface area contributed by atoms with Crippen LogP contribution in [-0.4, -0.2) is 11.4 Å². The molecule has 0 bridgehead atoms. The van der Waals surface area contributed by atoms with Gasteiger partial charge in [-0.05, 0) is 32.3 Å². The molecular weight excluding hydrogens is 238 g/mol. The molecule has 1 atom stereocenters. The van der Waals surface area contributed by atoms with Gasteiger partial charge >= 0.3 is 0 Å². The lowest BCUT2D eigenvalue weighted by molar-refractivity contribution is -0.129. The van der Waals surface area contributed by atoms with Crippen LogP contribution < -0.4 is 11.1 Å². The Bertz CT molecular complexity index is 472. The van der Waals surface area contributed by atoms with Crippen molar-refractivity contribution in [2.24, 2.45) is 5.73 Å². The van der Waals surface area contributed by atoms with Crippen LogP contribution >= 0.6 is 0 Å². The van der Waals surface area contributed by atoms with Crippen molar-refractivity contribution in [2.45, 2.75) is 37.8 Å². The third-order valence-electron chi connectivity index (χ3n) is 3.47. The average molecular weight is 254 g/mol. The zero-order valence-corrected chi connectivity index (χ0v) is 10.2. The molecule has 0 aromatic heterocycles. The predicted molar refractivity (Wildman–Crippen MR) is 63.7 cm³/mol. The summed E-state index contributed by atoms with van der Waals surface area (Å²) in [6.45, 7) is 1.65. The molecule has 5 heteroatoms. The first-order valence-corrected chi connectivity index (χ1v) is 5.97. The number of amides is 1. The van der Waals surface area contributed by atoms with Crippen molar-refractivity contribution in [1.29, 1.82) is 0 Å². The van der Waals surface area contributed by atoms with Gasteiger partial charge in [0.05, 0.1) is 11.6 Å². The van der Waals surface area contributed by atoms with Gasteiger partial charge in [-0.25, -0.2) is 8.78 Å². The van der Waals surface area contributed by atoms with Gasteiger partial charge in [0.15, 0.2) is 0 Å². The molecule has 0 radical (unpaired) electrons. The minimum atomic E-state index is -0.815. The van der Waals surface area contributed by atoms with Crippen molar-refractivity contribution in [3.8, 4) is 0 Å². The van der Waals surface area contributed by atoms with E-state index in [1.807, 2.05) is 0 Å². The van der Waals surface area contributed by atoms with Gasteiger partial charge in [-0.15, -0.1) is 0 Å². The topological polar surface area (TPSA) is 55.1 Å². The number of rotatable bonds is 3. The maximum atomic E-state index is 13.5. The summed E-state index contributed by atoms with van der Waals surface area (Å²) in [5.74, 6) is -1.57. The summed E-state index contributed by atoms with van der Waals surface area (Å²) < 4.78 is 26.3. The second-order valence-corrected chi connectivity index (χ2v) is 4.87. The largest absolute Gasteiger partial charge is 0.348 e. The molecule has 1 aliphatic carbocycles. The highest BCUT2D eigenvalue weighted by atomic mass is 19.1. The SMILES string of the molecule is CC(NC(=O)C1(N)CCC1)c1ccc(F)cc1F. The van der Waals surface area contributed by atoms with Crippen LogP contribution in [0.25, 0.3) is 0 Å². The molecule has 1 fully saturated rings. The first-order chi connectivity index (χ1) is 8.42. The summed E-state index contributed by atoms with van der Waals surface area (Å²) in [5, 5.41) is 2.67. The molecular formula is C13H16F2N2O. The van der Waals surface area contributed by atoms with E-state index in [1.54, 1.807) is 6.92 Å². The lowest BCUT2D eigenvalue weighted by Gasteiger charge is -2.37. The number of hydrogen-bond acceptors (Lipinski definition) is 2. The summed E-state index contributed by atoms with van der Waals surface area (Å²) in [6, 6.07) is 2.78. The molecule has 1 aliphatic rings. The highest BCUT2D eigenvalue weighted by Crippen LogP contribution is 2.30. The zero-order valence-electron chi connectivity index (χ0n) is 10.2. The van der Waals surface area contributed by atoms with Crippen molar-refractivity contribution in [3.63, 3.8) is 0 Å². The quantitative estimate of drug-likeness (QED) is 0.867. The molecule has 1 saturated carbocycles. The summed E-state index contributed by atoms with van der Waals surface area (Å²) in [6.07, 6.45) is 2.23. The van der Waals surface area contributed by atoms with Gasteiger partial charge in [-0.1, -0.05) is 6.07 Å². The second kappa shape index (κ2) is 4.65. The normalized spacial score (nSPS) is 18.9. The van der Waals surface area contributed by atoms with Crippen molar-refractivity contribution in [1.82, 2.24) is 5.32 Å². The molecule has 0 aliphatic heterocycles. The smallest absolute Gasteiger partial charge is 0.240 e. The van der Waals surface area contributed by atoms with Gasteiger partial charge in [0.1, 0.15) is 11.6 Å². The van der Waals surface area contributed by atoms with Gasteiger partial charge in [0, 0.05) is 11.6 Å². The number of halogens is 2. The molecule has 0 spiro atoms. The van der Waals surface area contributed by atoms with Crippen LogP contribution in [-0.2, 0) is 4.79 Å². The maximum absolute atomic E-state index is 13.5. The molecule has 18 heavy (non-hydrogen) atoms. The Morgan fingerprint density at radius 3 is 2.61 bits per heavy atom. The van der Waals surface area contributed by atoms with Gasteiger partial charge in [0.25, 0.3) is 0 Å². The van der Waals surface area contributed by atoms with E-state index in [1.165, 1.54) is 12.1 Å². The Hall–Kier alpha value is -1.49. The molecule has 1 aromatic rings. The predicted octanol–water partition coefficient (Wildman–Crippen LogP) is 2.02. The van der Waals surface area contributed by atoms with Gasteiger partial charge < -0.3 is 11.1 Å². The molecule has 0 saturated heterocycles. The number of nitrogens with two attached hydrogens (primary N) is 1. The van der Waals surface area contributed by atoms with Crippen molar-refractivity contribution >= 4 is 5.91 Å². The fraction of sp³-hybridized carbons (Fsp3) is 0.462. The third-order valence-corrected chi connectivity index (χ3v) is 3.47. The van der Waals surface area contributed by atoms with Crippen LogP contribution in [0.1, 0.15) is 37.8 Å². The molecule has 3 nitrogen and oxygen atoms in total. The molecule has 1 unspecified atom stereocenters. The van der Waals surface area contributed by atoms with E-state index in [-0.39, 0.29) is 11.5 Å². The Morgan fingerprint density at radius 2 is 2.11 bits per heavy atom.